The Labute approximate surface area is 97.3 Å². The summed E-state index contributed by atoms with van der Waals surface area (Å²) in [7, 11) is 0. The third kappa shape index (κ3) is 3.02. The van der Waals surface area contributed by atoms with Crippen LogP contribution >= 0.6 is 0 Å². The molecule has 1 aromatic rings. The molecule has 0 bridgehead atoms. The molecule has 0 heterocycles. The van der Waals surface area contributed by atoms with Crippen LogP contribution in [0.4, 0.5) is 5.69 Å². The van der Waals surface area contributed by atoms with E-state index in [9.17, 15) is 0 Å². The average molecular weight is 217 g/mol. The van der Waals surface area contributed by atoms with Gasteiger partial charge in [-0.1, -0.05) is 12.2 Å². The maximum absolute atomic E-state index is 5.41. The predicted octanol–water partition coefficient (Wildman–Crippen LogP) is 3.61. The van der Waals surface area contributed by atoms with E-state index in [1.54, 1.807) is 0 Å². The van der Waals surface area contributed by atoms with Crippen LogP contribution in [0.2, 0.25) is 0 Å². The monoisotopic (exact) mass is 217 g/mol. The molecule has 1 N–H and O–H groups in total. The van der Waals surface area contributed by atoms with Gasteiger partial charge in [-0.25, -0.2) is 0 Å². The van der Waals surface area contributed by atoms with Gasteiger partial charge in [-0.15, -0.1) is 0 Å². The standard InChI is InChI=1S/C14H19NO/c1-2-16-14-10-8-13(9-11-14)15-12-6-4-3-5-7-12/h4,6,8-12,15H,2-3,5,7H2,1H3. The zero-order chi connectivity index (χ0) is 11.2. The van der Waals surface area contributed by atoms with E-state index in [1.807, 2.05) is 19.1 Å². The van der Waals surface area contributed by atoms with Crippen LogP contribution in [0.25, 0.3) is 0 Å². The molecule has 0 saturated carbocycles. The second kappa shape index (κ2) is 5.59. The molecule has 2 nitrogen and oxygen atoms in total. The minimum atomic E-state index is 0.492. The molecule has 0 saturated heterocycles. The van der Waals surface area contributed by atoms with Crippen molar-refractivity contribution in [2.75, 3.05) is 11.9 Å². The summed E-state index contributed by atoms with van der Waals surface area (Å²) in [5.41, 5.74) is 1.17. The fourth-order valence-electron chi connectivity index (χ4n) is 1.96. The lowest BCUT2D eigenvalue weighted by molar-refractivity contribution is 0.340. The van der Waals surface area contributed by atoms with E-state index in [0.29, 0.717) is 6.04 Å². The SMILES string of the molecule is CCOc1ccc(NC2C=CCCC2)cc1. The van der Waals surface area contributed by atoms with Crippen molar-refractivity contribution >= 4 is 5.69 Å². The highest BCUT2D eigenvalue weighted by Gasteiger charge is 2.07. The average Bonchev–Trinajstić information content (AvgIpc) is 2.33. The first-order valence-electron chi connectivity index (χ1n) is 6.04. The summed E-state index contributed by atoms with van der Waals surface area (Å²) in [6.07, 6.45) is 8.26. The van der Waals surface area contributed by atoms with Crippen molar-refractivity contribution in [2.45, 2.75) is 32.2 Å². The van der Waals surface area contributed by atoms with E-state index in [-0.39, 0.29) is 0 Å². The van der Waals surface area contributed by atoms with Crippen LogP contribution in [-0.4, -0.2) is 12.6 Å². The third-order valence-electron chi connectivity index (χ3n) is 2.77. The van der Waals surface area contributed by atoms with Crippen LogP contribution in [-0.2, 0) is 0 Å². The van der Waals surface area contributed by atoms with Crippen molar-refractivity contribution in [3.8, 4) is 5.75 Å². The second-order valence-electron chi connectivity index (χ2n) is 4.07. The van der Waals surface area contributed by atoms with E-state index in [0.717, 1.165) is 12.4 Å². The number of nitrogens with one attached hydrogen (secondary N) is 1. The van der Waals surface area contributed by atoms with Crippen LogP contribution in [0, 0.1) is 0 Å². The van der Waals surface area contributed by atoms with E-state index in [4.69, 9.17) is 4.74 Å². The van der Waals surface area contributed by atoms with Crippen LogP contribution in [0.5, 0.6) is 5.75 Å². The quantitative estimate of drug-likeness (QED) is 0.778. The molecule has 1 atom stereocenters. The normalized spacial score (nSPS) is 19.4. The number of allylic oxidation sites excluding steroid dienone is 1. The van der Waals surface area contributed by atoms with Gasteiger partial charge in [0, 0.05) is 11.7 Å². The Morgan fingerprint density at radius 1 is 1.31 bits per heavy atom. The van der Waals surface area contributed by atoms with Gasteiger partial charge in [0.25, 0.3) is 0 Å². The number of hydrogen-bond acceptors (Lipinski definition) is 2. The Morgan fingerprint density at radius 3 is 2.75 bits per heavy atom. The second-order valence-corrected chi connectivity index (χ2v) is 4.07. The van der Waals surface area contributed by atoms with Crippen LogP contribution in [0.1, 0.15) is 26.2 Å². The number of ether oxygens (including phenoxy) is 1. The number of hydrogen-bond donors (Lipinski definition) is 1. The zero-order valence-electron chi connectivity index (χ0n) is 9.78. The topological polar surface area (TPSA) is 21.3 Å². The number of anilines is 1. The summed E-state index contributed by atoms with van der Waals surface area (Å²) < 4.78 is 5.41. The Morgan fingerprint density at radius 2 is 2.12 bits per heavy atom. The van der Waals surface area contributed by atoms with Crippen molar-refractivity contribution in [3.05, 3.63) is 36.4 Å². The van der Waals surface area contributed by atoms with E-state index < -0.39 is 0 Å². The van der Waals surface area contributed by atoms with Gasteiger partial charge in [0.1, 0.15) is 5.75 Å². The van der Waals surface area contributed by atoms with Crippen LogP contribution < -0.4 is 10.1 Å². The molecular formula is C14H19NO. The molecule has 0 spiro atoms. The summed E-state index contributed by atoms with van der Waals surface area (Å²) in [6.45, 7) is 2.72. The first kappa shape index (κ1) is 11.1. The molecule has 0 aromatic heterocycles. The molecule has 0 radical (unpaired) electrons. The molecule has 2 rings (SSSR count). The van der Waals surface area contributed by atoms with Gasteiger partial charge in [0.15, 0.2) is 0 Å². The van der Waals surface area contributed by atoms with Gasteiger partial charge in [-0.05, 0) is 50.5 Å². The summed E-state index contributed by atoms with van der Waals surface area (Å²) in [5, 5.41) is 3.51. The molecule has 0 aliphatic heterocycles. The minimum absolute atomic E-state index is 0.492. The van der Waals surface area contributed by atoms with Crippen LogP contribution in [0.15, 0.2) is 36.4 Å². The van der Waals surface area contributed by atoms with Gasteiger partial charge in [0.2, 0.25) is 0 Å². The molecule has 0 amide bonds. The number of rotatable bonds is 4. The first-order chi connectivity index (χ1) is 7.88. The van der Waals surface area contributed by atoms with Gasteiger partial charge in [-0.2, -0.15) is 0 Å². The van der Waals surface area contributed by atoms with Crippen molar-refractivity contribution in [3.63, 3.8) is 0 Å². The molecule has 2 heteroatoms. The van der Waals surface area contributed by atoms with Crippen molar-refractivity contribution < 1.29 is 4.74 Å². The molecule has 1 unspecified atom stereocenters. The summed E-state index contributed by atoms with van der Waals surface area (Å²) in [6, 6.07) is 8.67. The van der Waals surface area contributed by atoms with Crippen LogP contribution in [0.3, 0.4) is 0 Å². The maximum Gasteiger partial charge on any atom is 0.119 e. The fourth-order valence-corrected chi connectivity index (χ4v) is 1.96. The lowest BCUT2D eigenvalue weighted by atomic mass is 10.0. The lowest BCUT2D eigenvalue weighted by Gasteiger charge is -2.19. The summed E-state index contributed by atoms with van der Waals surface area (Å²) in [4.78, 5) is 0. The largest absolute Gasteiger partial charge is 0.494 e. The molecule has 1 aliphatic rings. The van der Waals surface area contributed by atoms with Gasteiger partial charge in [-0.3, -0.25) is 0 Å². The summed E-state index contributed by atoms with van der Waals surface area (Å²) >= 11 is 0. The predicted molar refractivity (Wildman–Crippen MR) is 68.0 cm³/mol. The Hall–Kier alpha value is -1.44. The molecule has 16 heavy (non-hydrogen) atoms. The van der Waals surface area contributed by atoms with E-state index in [2.05, 4.69) is 29.6 Å². The molecule has 0 fully saturated rings. The van der Waals surface area contributed by atoms with Crippen molar-refractivity contribution in [1.82, 2.24) is 0 Å². The molecule has 86 valence electrons. The highest BCUT2D eigenvalue weighted by atomic mass is 16.5. The Balaban J connectivity index is 1.93. The van der Waals surface area contributed by atoms with E-state index in [1.165, 1.54) is 24.9 Å². The van der Waals surface area contributed by atoms with Gasteiger partial charge >= 0.3 is 0 Å². The fraction of sp³-hybridized carbons (Fsp3) is 0.429. The first-order valence-corrected chi connectivity index (χ1v) is 6.04. The number of benzene rings is 1. The Kier molecular flexibility index (Phi) is 3.86. The Bertz CT molecular complexity index is 342. The van der Waals surface area contributed by atoms with Crippen molar-refractivity contribution in [2.24, 2.45) is 0 Å². The van der Waals surface area contributed by atoms with Gasteiger partial charge < -0.3 is 10.1 Å². The third-order valence-corrected chi connectivity index (χ3v) is 2.77. The van der Waals surface area contributed by atoms with Gasteiger partial charge in [0.05, 0.1) is 6.61 Å². The molecular weight excluding hydrogens is 198 g/mol. The molecule has 1 aromatic carbocycles. The highest BCUT2D eigenvalue weighted by molar-refractivity contribution is 5.47. The maximum atomic E-state index is 5.41. The van der Waals surface area contributed by atoms with Crippen molar-refractivity contribution in [1.29, 1.82) is 0 Å². The highest BCUT2D eigenvalue weighted by Crippen LogP contribution is 2.19. The molecule has 1 aliphatic carbocycles. The zero-order valence-corrected chi connectivity index (χ0v) is 9.78. The smallest absolute Gasteiger partial charge is 0.119 e. The van der Waals surface area contributed by atoms with E-state index >= 15 is 0 Å². The summed E-state index contributed by atoms with van der Waals surface area (Å²) in [5.74, 6) is 0.937. The minimum Gasteiger partial charge on any atom is -0.494 e. The lowest BCUT2D eigenvalue weighted by Crippen LogP contribution is -2.18.